The van der Waals surface area contributed by atoms with Crippen molar-refractivity contribution >= 4 is 182 Å². The summed E-state index contributed by atoms with van der Waals surface area (Å²) in [5.74, 6) is -1.86. The van der Waals surface area contributed by atoms with E-state index in [-0.39, 0.29) is 159 Å². The van der Waals surface area contributed by atoms with Gasteiger partial charge in [-0.1, -0.05) is 230 Å². The molecule has 652 valence electrons. The van der Waals surface area contributed by atoms with E-state index in [4.69, 9.17) is 83.0 Å². The Kier molecular flexibility index (Phi) is 41.8. The minimum atomic E-state index is -1.12. The number of aromatic carboxylic acids is 1. The van der Waals surface area contributed by atoms with E-state index in [2.05, 4.69) is 86.7 Å². The second kappa shape index (κ2) is 49.7. The zero-order valence-electron chi connectivity index (χ0n) is 61.0. The Labute approximate surface area is 741 Å². The van der Waals surface area contributed by atoms with Gasteiger partial charge in [-0.25, -0.2) is 44.3 Å². The molecule has 1 aliphatic rings. The van der Waals surface area contributed by atoms with Crippen molar-refractivity contribution in [3.05, 3.63) is 274 Å². The number of nitrogens with zero attached hydrogens (tertiary/aromatic N) is 13. The molecule has 1 fully saturated rings. The number of hydrogen-bond donors (Lipinski definition) is 9. The summed E-state index contributed by atoms with van der Waals surface area (Å²) in [6, 6.07) is 62.8. The minimum absolute atomic E-state index is 0. The molecule has 12 N–H and O–H groups in total. The third-order valence-corrected chi connectivity index (χ3v) is 18.0. The predicted octanol–water partition coefficient (Wildman–Crippen LogP) is 21.8. The van der Waals surface area contributed by atoms with Gasteiger partial charge in [0.1, 0.15) is 61.5 Å². The van der Waals surface area contributed by atoms with Crippen LogP contribution in [0.5, 0.6) is 6.01 Å². The quantitative estimate of drug-likeness (QED) is 0.0206. The number of carbonyl (C=O) groups excluding carboxylic acids is 4. The number of carboxylic acids is 1. The van der Waals surface area contributed by atoms with Crippen LogP contribution in [0, 0.1) is 0 Å². The molecule has 0 spiro atoms. The van der Waals surface area contributed by atoms with Gasteiger partial charge in [0.15, 0.2) is 5.82 Å². The summed E-state index contributed by atoms with van der Waals surface area (Å²) >= 11 is 22.6. The molecule has 124 heavy (non-hydrogen) atoms. The highest BCUT2D eigenvalue weighted by atomic mass is 35.5. The molecule has 2 atom stereocenters. The van der Waals surface area contributed by atoms with Crippen LogP contribution < -0.4 is 48.6 Å². The first-order valence-electron chi connectivity index (χ1n) is 35.4. The monoisotopic (exact) mass is 1760 g/mol. The summed E-state index contributed by atoms with van der Waals surface area (Å²) < 4.78 is 9.72. The number of fused-ring (bicyclic) bond motifs is 5. The van der Waals surface area contributed by atoms with E-state index < -0.39 is 29.7 Å². The van der Waals surface area contributed by atoms with Crippen LogP contribution in [-0.4, -0.2) is 125 Å². The zero-order valence-corrected chi connectivity index (χ0v) is 64.1. The van der Waals surface area contributed by atoms with Gasteiger partial charge in [-0.2, -0.15) is 19.9 Å². The van der Waals surface area contributed by atoms with Crippen molar-refractivity contribution in [1.29, 1.82) is 0 Å². The lowest BCUT2D eigenvalue weighted by Crippen LogP contribution is -2.43. The molecule has 9 aromatic carbocycles. The van der Waals surface area contributed by atoms with Crippen molar-refractivity contribution in [3.8, 4) is 6.01 Å². The number of carboxylic acid groups (broad SMARTS) is 1. The van der Waals surface area contributed by atoms with Gasteiger partial charge < -0.3 is 63.2 Å². The fourth-order valence-corrected chi connectivity index (χ4v) is 12.3. The highest BCUT2D eigenvalue weighted by molar-refractivity contribution is 6.34. The van der Waals surface area contributed by atoms with Gasteiger partial charge in [0, 0.05) is 65.8 Å². The zero-order chi connectivity index (χ0) is 80.9. The molecule has 16 rings (SSSR count). The van der Waals surface area contributed by atoms with Gasteiger partial charge in [-0.05, 0) is 170 Å². The topological polar surface area (TPSA) is 431 Å². The standard InChI is InChI=1S/C21H15N7O2.C21H24N6O.C17H14ClN3O2.C15H10ClN3O2.C7H6Cl2N2O2.9CH4/c22-19(29)16-12-23-21(30-28-18-8-4-3-7-17(18)26-27-28)25-20(16)24-15-10-9-13-5-1-2-6-14(13)11-15;22-17-7-3-4-8-18(17)26-21-24-12-16(19(23)28)20(27-21)25-15-10-9-13-5-1-2-6-14(13)11-15;1-2-23-16(22)14-10-19-17(18)21-15(14)20-13-8-7-11-5-3-4-6-12(11)9-13;16-15-17-8-12(14(20)21)13(19-15)18-11-6-5-9-3-1-2-4-10(9)7-11;1-2-13-6(12)4-3-10-7(9)11-5(4)8;;;;;;;;;/h1-12H,(H2,22,29)(H,23,24,25);1-2,5-6,9-12,17-18H,3-4,7-8,22H2,(H2,23,28)(H2,24,25,26,27);3-10H,2H2,1H3,(H,19,20,21);1-8H,(H,20,21)(H,17,18,19);3H,2H2,1H3;9*1H4/t;17-,18+;;;;;;;;;;;;/m.0............/s1. The first-order valence-corrected chi connectivity index (χ1v) is 36.9. The van der Waals surface area contributed by atoms with Crippen molar-refractivity contribution < 1.29 is 43.4 Å². The van der Waals surface area contributed by atoms with Crippen molar-refractivity contribution in [2.24, 2.45) is 17.2 Å². The van der Waals surface area contributed by atoms with Crippen molar-refractivity contribution in [2.45, 2.75) is 118 Å². The highest BCUT2D eigenvalue weighted by Gasteiger charge is 2.25. The van der Waals surface area contributed by atoms with E-state index in [9.17, 15) is 24.0 Å². The van der Waals surface area contributed by atoms with E-state index in [1.807, 2.05) is 188 Å². The molecule has 6 aromatic heterocycles. The van der Waals surface area contributed by atoms with Gasteiger partial charge >= 0.3 is 23.9 Å². The maximum absolute atomic E-state index is 12.0. The van der Waals surface area contributed by atoms with Gasteiger partial charge in [0.25, 0.3) is 11.8 Å². The third kappa shape index (κ3) is 27.6. The molecule has 1 aliphatic carbocycles. The number of esters is 2. The number of primary amides is 2. The Hall–Kier alpha value is -13.9. The fourth-order valence-electron chi connectivity index (χ4n) is 11.6. The molecule has 0 unspecified atom stereocenters. The Balaban J connectivity index is 0.000000401. The molecule has 1 saturated carbocycles. The highest BCUT2D eigenvalue weighted by Crippen LogP contribution is 2.31. The second-order valence-electron chi connectivity index (χ2n) is 25.0. The smallest absolute Gasteiger partial charge is 0.347 e. The number of nitrogens with two attached hydrogens (primary N) is 3. The maximum atomic E-state index is 12.0. The van der Waals surface area contributed by atoms with Gasteiger partial charge in [-0.3, -0.25) is 9.59 Å². The summed E-state index contributed by atoms with van der Waals surface area (Å²) in [5.41, 5.74) is 22.3. The predicted molar refractivity (Wildman–Crippen MR) is 503 cm³/mol. The lowest BCUT2D eigenvalue weighted by molar-refractivity contribution is 0.0516. The number of aromatic nitrogens is 13. The number of carbonyl (C=O) groups is 5. The molecule has 30 nitrogen and oxygen atoms in total. The normalized spacial score (nSPS) is 11.8. The van der Waals surface area contributed by atoms with Crippen LogP contribution >= 0.6 is 46.4 Å². The van der Waals surface area contributed by atoms with Crippen molar-refractivity contribution in [2.75, 3.05) is 39.8 Å². The average Bonchev–Trinajstić information content (AvgIpc) is 1.79. The molecule has 34 heteroatoms. The number of hydrogen-bond acceptors (Lipinski definition) is 26. The fraction of sp³-hybridized carbons (Fsp3) is 0.211. The molecule has 2 amide bonds. The number of amides is 2. The largest absolute Gasteiger partial charge is 0.477 e. The van der Waals surface area contributed by atoms with Crippen molar-refractivity contribution in [1.82, 2.24) is 65.0 Å². The lowest BCUT2D eigenvalue weighted by Gasteiger charge is -2.29. The Morgan fingerprint density at radius 1 is 0.427 bits per heavy atom. The lowest BCUT2D eigenvalue weighted by atomic mass is 9.91. The SMILES string of the molecule is C.C.C.C.C.C.C.C.C.CCOC(=O)c1cnc(Cl)nc1Cl.CCOC(=O)c1cnc(Cl)nc1Nc1ccc2ccccc2c1.NC(=O)c1cnc(N[C@@H]2CCCC[C@@H]2N)nc1Nc1ccc2ccccc2c1.NC(=O)c1cnc(On2nnc3ccccc32)nc1Nc1ccc2ccccc2c1.O=C(O)c1cnc(Cl)nc1Nc1ccc2ccccc2c1. The van der Waals surface area contributed by atoms with Crippen LogP contribution in [-0.2, 0) is 9.47 Å². The Bertz CT molecular complexity index is 6080. The molecule has 15 aromatic rings. The number of halogens is 4. The maximum Gasteiger partial charge on any atom is 0.347 e. The molecule has 6 heterocycles. The first kappa shape index (κ1) is 104. The number of rotatable bonds is 19. The first-order chi connectivity index (χ1) is 55.7. The van der Waals surface area contributed by atoms with E-state index >= 15 is 0 Å². The van der Waals surface area contributed by atoms with E-state index in [1.165, 1.54) is 35.8 Å². The number of nitrogens with one attached hydrogen (secondary N) is 5. The van der Waals surface area contributed by atoms with E-state index in [1.54, 1.807) is 19.9 Å². The molecular formula is C90H105Cl4N21O9. The Morgan fingerprint density at radius 2 is 0.790 bits per heavy atom. The van der Waals surface area contributed by atoms with Gasteiger partial charge in [0.05, 0.1) is 13.2 Å². The average molecular weight is 1770 g/mol. The van der Waals surface area contributed by atoms with Crippen LogP contribution in [0.1, 0.15) is 158 Å². The summed E-state index contributed by atoms with van der Waals surface area (Å²) in [5, 5.41) is 41.6. The summed E-state index contributed by atoms with van der Waals surface area (Å²) in [6.45, 7) is 3.99. The van der Waals surface area contributed by atoms with E-state index in [0.29, 0.717) is 28.6 Å². The van der Waals surface area contributed by atoms with Crippen molar-refractivity contribution in [3.63, 3.8) is 0 Å². The summed E-state index contributed by atoms with van der Waals surface area (Å²) in [4.78, 5) is 105. The number of anilines is 9. The van der Waals surface area contributed by atoms with Crippen LogP contribution in [0.25, 0.3) is 54.1 Å². The number of para-hydroxylation sites is 1. The summed E-state index contributed by atoms with van der Waals surface area (Å²) in [6.07, 6.45) is 10.8. The van der Waals surface area contributed by atoms with Crippen LogP contribution in [0.4, 0.5) is 52.0 Å². The van der Waals surface area contributed by atoms with Crippen LogP contribution in [0.15, 0.2) is 225 Å². The van der Waals surface area contributed by atoms with E-state index in [0.717, 1.165) is 91.5 Å². The summed E-state index contributed by atoms with van der Waals surface area (Å²) in [7, 11) is 0. The second-order valence-corrected chi connectivity index (χ2v) is 26.4. The van der Waals surface area contributed by atoms with Crippen LogP contribution in [0.3, 0.4) is 0 Å². The van der Waals surface area contributed by atoms with Gasteiger partial charge in [0.2, 0.25) is 21.8 Å². The van der Waals surface area contributed by atoms with Crippen LogP contribution in [0.2, 0.25) is 21.0 Å². The number of benzene rings is 9. The minimum Gasteiger partial charge on any atom is -0.477 e. The molecular weight excluding hydrogens is 1660 g/mol. The van der Waals surface area contributed by atoms with Gasteiger partial charge in [-0.15, -0.1) is 5.10 Å². The molecule has 0 aliphatic heterocycles. The number of ether oxygens (including phenoxy) is 2. The molecule has 0 saturated heterocycles. The molecule has 0 radical (unpaired) electrons. The molecule has 0 bridgehead atoms. The third-order valence-electron chi connectivity index (χ3n) is 17.2. The Morgan fingerprint density at radius 3 is 1.22 bits per heavy atom.